The van der Waals surface area contributed by atoms with Crippen LogP contribution in [0.3, 0.4) is 0 Å². The fourth-order valence-electron chi connectivity index (χ4n) is 2.74. The van der Waals surface area contributed by atoms with Crippen LogP contribution < -0.4 is 5.32 Å². The van der Waals surface area contributed by atoms with Crippen LogP contribution >= 0.6 is 36.4 Å². The molecule has 0 aliphatic carbocycles. The summed E-state index contributed by atoms with van der Waals surface area (Å²) in [5.41, 5.74) is 0.798. The predicted molar refractivity (Wildman–Crippen MR) is 97.6 cm³/mol. The number of rotatable bonds is 4. The smallest absolute Gasteiger partial charge is 0.314 e. The number of benzene rings is 1. The molecule has 2 rings (SSSR count). The second-order valence-electron chi connectivity index (χ2n) is 5.70. The van der Waals surface area contributed by atoms with E-state index in [-0.39, 0.29) is 30.9 Å². The van der Waals surface area contributed by atoms with Gasteiger partial charge in [-0.1, -0.05) is 17.2 Å². The van der Waals surface area contributed by atoms with Gasteiger partial charge < -0.3 is 5.32 Å². The van der Waals surface area contributed by atoms with Crippen LogP contribution in [0.5, 0.6) is 0 Å². The molecule has 1 atom stereocenters. The van der Waals surface area contributed by atoms with Crippen molar-refractivity contribution in [3.05, 3.63) is 46.5 Å². The molecule has 0 unspecified atom stereocenters. The quantitative estimate of drug-likeness (QED) is 0.700. The lowest BCUT2D eigenvalue weighted by atomic mass is 9.96. The first-order valence-corrected chi connectivity index (χ1v) is 7.62. The lowest BCUT2D eigenvalue weighted by Gasteiger charge is -2.36. The Morgan fingerprint density at radius 1 is 1.29 bits per heavy atom. The van der Waals surface area contributed by atoms with Gasteiger partial charge in [-0.3, -0.25) is 4.90 Å². The van der Waals surface area contributed by atoms with Gasteiger partial charge in [0, 0.05) is 37.2 Å². The van der Waals surface area contributed by atoms with E-state index in [1.54, 1.807) is 0 Å². The fourth-order valence-corrected chi connectivity index (χ4v) is 2.98. The third-order valence-electron chi connectivity index (χ3n) is 3.82. The van der Waals surface area contributed by atoms with Crippen molar-refractivity contribution in [1.29, 1.82) is 0 Å². The molecule has 24 heavy (non-hydrogen) atoms. The number of halogens is 6. The lowest BCUT2D eigenvalue weighted by Crippen LogP contribution is -2.45. The standard InChI is InChI=1S/C16H20ClF3N2.2ClH/c1-11(2)9-15(22-7-5-21-6-8-22)13-10-12(16(18,19)20)3-4-14(13)17;;/h3-4,10,15,21H,1,5-9H2,2H3;2*1H/t15-;;/m1../s1. The molecule has 138 valence electrons. The van der Waals surface area contributed by atoms with Crippen LogP contribution in [0.1, 0.15) is 30.5 Å². The van der Waals surface area contributed by atoms with Crippen LogP contribution in [-0.2, 0) is 6.18 Å². The molecule has 8 heteroatoms. The van der Waals surface area contributed by atoms with Crippen LogP contribution in [0.25, 0.3) is 0 Å². The summed E-state index contributed by atoms with van der Waals surface area (Å²) < 4.78 is 39.0. The van der Waals surface area contributed by atoms with E-state index in [1.807, 2.05) is 6.92 Å². The highest BCUT2D eigenvalue weighted by Gasteiger charge is 2.33. The van der Waals surface area contributed by atoms with E-state index in [0.717, 1.165) is 37.8 Å². The van der Waals surface area contributed by atoms with Gasteiger partial charge in [-0.15, -0.1) is 31.4 Å². The van der Waals surface area contributed by atoms with Gasteiger partial charge in [0.1, 0.15) is 0 Å². The molecular formula is C16H22Cl3F3N2. The molecule has 0 radical (unpaired) electrons. The first kappa shape index (κ1) is 23.5. The minimum atomic E-state index is -4.36. The van der Waals surface area contributed by atoms with E-state index < -0.39 is 11.7 Å². The summed E-state index contributed by atoms with van der Waals surface area (Å²) in [6, 6.07) is 3.38. The van der Waals surface area contributed by atoms with E-state index in [9.17, 15) is 13.2 Å². The summed E-state index contributed by atoms with van der Waals surface area (Å²) in [6.07, 6.45) is -3.77. The number of alkyl halides is 3. The molecule has 0 aromatic heterocycles. The maximum absolute atomic E-state index is 13.0. The molecule has 2 nitrogen and oxygen atoms in total. The van der Waals surface area contributed by atoms with Crippen molar-refractivity contribution in [3.8, 4) is 0 Å². The van der Waals surface area contributed by atoms with Crippen molar-refractivity contribution >= 4 is 36.4 Å². The molecule has 0 spiro atoms. The Labute approximate surface area is 158 Å². The normalized spacial score (nSPS) is 16.7. The van der Waals surface area contributed by atoms with Gasteiger partial charge in [-0.25, -0.2) is 0 Å². The van der Waals surface area contributed by atoms with E-state index in [4.69, 9.17) is 11.6 Å². The van der Waals surface area contributed by atoms with Gasteiger partial charge >= 0.3 is 6.18 Å². The van der Waals surface area contributed by atoms with E-state index in [2.05, 4.69) is 16.8 Å². The van der Waals surface area contributed by atoms with Crippen molar-refractivity contribution in [2.24, 2.45) is 0 Å². The van der Waals surface area contributed by atoms with Crippen molar-refractivity contribution in [1.82, 2.24) is 10.2 Å². The van der Waals surface area contributed by atoms with Crippen LogP contribution in [0, 0.1) is 0 Å². The molecular weight excluding hydrogens is 384 g/mol. The molecule has 1 aliphatic heterocycles. The van der Waals surface area contributed by atoms with Crippen molar-refractivity contribution in [3.63, 3.8) is 0 Å². The topological polar surface area (TPSA) is 15.3 Å². The van der Waals surface area contributed by atoms with Gasteiger partial charge in [0.2, 0.25) is 0 Å². The second-order valence-corrected chi connectivity index (χ2v) is 6.10. The number of hydrogen-bond donors (Lipinski definition) is 1. The molecule has 1 saturated heterocycles. The SMILES string of the molecule is C=C(C)C[C@H](c1cc(C(F)(F)F)ccc1Cl)N1CCNCC1.Cl.Cl. The summed E-state index contributed by atoms with van der Waals surface area (Å²) in [5.74, 6) is 0. The Hall–Kier alpha value is -0.460. The third kappa shape index (κ3) is 6.12. The Morgan fingerprint density at radius 2 is 1.88 bits per heavy atom. The minimum Gasteiger partial charge on any atom is -0.314 e. The molecule has 1 N–H and O–H groups in total. The summed E-state index contributed by atoms with van der Waals surface area (Å²) in [7, 11) is 0. The van der Waals surface area contributed by atoms with Crippen molar-refractivity contribution < 1.29 is 13.2 Å². The van der Waals surface area contributed by atoms with Crippen LogP contribution in [-0.4, -0.2) is 31.1 Å². The second kappa shape index (κ2) is 9.88. The largest absolute Gasteiger partial charge is 0.416 e. The highest BCUT2D eigenvalue weighted by Crippen LogP contribution is 2.37. The molecule has 0 bridgehead atoms. The summed E-state index contributed by atoms with van der Waals surface area (Å²) in [6.45, 7) is 9.00. The van der Waals surface area contributed by atoms with Crippen molar-refractivity contribution in [2.75, 3.05) is 26.2 Å². The Kier molecular flexibility index (Phi) is 9.69. The molecule has 1 aromatic carbocycles. The van der Waals surface area contributed by atoms with Crippen molar-refractivity contribution in [2.45, 2.75) is 25.6 Å². The Bertz CT molecular complexity index is 544. The van der Waals surface area contributed by atoms with E-state index in [1.165, 1.54) is 12.1 Å². The minimum absolute atomic E-state index is 0. The number of nitrogens with one attached hydrogen (secondary N) is 1. The van der Waals surface area contributed by atoms with E-state index >= 15 is 0 Å². The highest BCUT2D eigenvalue weighted by atomic mass is 35.5. The maximum atomic E-state index is 13.0. The van der Waals surface area contributed by atoms with Gasteiger partial charge in [-0.05, 0) is 37.1 Å². The molecule has 1 heterocycles. The maximum Gasteiger partial charge on any atom is 0.416 e. The average molecular weight is 406 g/mol. The zero-order valence-corrected chi connectivity index (χ0v) is 15.7. The molecule has 0 saturated carbocycles. The Balaban J connectivity index is 0.00000264. The molecule has 1 fully saturated rings. The monoisotopic (exact) mass is 404 g/mol. The average Bonchev–Trinajstić information content (AvgIpc) is 2.45. The number of hydrogen-bond acceptors (Lipinski definition) is 2. The first-order chi connectivity index (χ1) is 10.3. The van der Waals surface area contributed by atoms with Crippen LogP contribution in [0.4, 0.5) is 13.2 Å². The molecule has 0 amide bonds. The molecule has 1 aromatic rings. The summed E-state index contributed by atoms with van der Waals surface area (Å²) in [5, 5.41) is 3.62. The van der Waals surface area contributed by atoms with Crippen LogP contribution in [0.2, 0.25) is 5.02 Å². The molecule has 1 aliphatic rings. The van der Waals surface area contributed by atoms with Gasteiger partial charge in [-0.2, -0.15) is 13.2 Å². The van der Waals surface area contributed by atoms with Gasteiger partial charge in [0.15, 0.2) is 0 Å². The zero-order chi connectivity index (χ0) is 16.3. The van der Waals surface area contributed by atoms with Gasteiger partial charge in [0.05, 0.1) is 5.56 Å². The first-order valence-electron chi connectivity index (χ1n) is 7.25. The third-order valence-corrected chi connectivity index (χ3v) is 4.16. The predicted octanol–water partition coefficient (Wildman–Crippen LogP) is 5.11. The lowest BCUT2D eigenvalue weighted by molar-refractivity contribution is -0.137. The van der Waals surface area contributed by atoms with Gasteiger partial charge in [0.25, 0.3) is 0 Å². The number of piperazine rings is 1. The van der Waals surface area contributed by atoms with E-state index in [0.29, 0.717) is 17.0 Å². The fraction of sp³-hybridized carbons (Fsp3) is 0.500. The Morgan fingerprint density at radius 3 is 2.38 bits per heavy atom. The number of nitrogens with zero attached hydrogens (tertiary/aromatic N) is 1. The zero-order valence-electron chi connectivity index (χ0n) is 13.3. The highest BCUT2D eigenvalue weighted by molar-refractivity contribution is 6.31. The summed E-state index contributed by atoms with van der Waals surface area (Å²) in [4.78, 5) is 2.17. The van der Waals surface area contributed by atoms with Crippen LogP contribution in [0.15, 0.2) is 30.4 Å². The summed E-state index contributed by atoms with van der Waals surface area (Å²) >= 11 is 6.20.